The number of ether oxygens (including phenoxy) is 1. The Morgan fingerprint density at radius 2 is 2.38 bits per heavy atom. The lowest BCUT2D eigenvalue weighted by molar-refractivity contribution is -0.118. The summed E-state index contributed by atoms with van der Waals surface area (Å²) < 4.78 is 7.75. The van der Waals surface area contributed by atoms with E-state index in [-0.39, 0.29) is 18.4 Å². The molecular weight excluding hydrogens is 288 g/mol. The molecule has 1 aliphatic heterocycles. The van der Waals surface area contributed by atoms with Gasteiger partial charge in [-0.1, -0.05) is 23.9 Å². The molecule has 0 aromatic carbocycles. The normalized spacial score (nSPS) is 18.0. The smallest absolute Gasteiger partial charge is 0.217 e. The molecule has 2 N–H and O–H groups in total. The van der Waals surface area contributed by atoms with E-state index in [1.54, 1.807) is 11.8 Å². The van der Waals surface area contributed by atoms with Crippen LogP contribution in [-0.4, -0.2) is 39.1 Å². The van der Waals surface area contributed by atoms with E-state index in [0.29, 0.717) is 6.42 Å². The lowest BCUT2D eigenvalue weighted by atomic mass is 10.2. The Morgan fingerprint density at radius 3 is 3.00 bits per heavy atom. The second-order valence-corrected chi connectivity index (χ2v) is 6.30. The largest absolute Gasteiger partial charge is 0.376 e. The van der Waals surface area contributed by atoms with Crippen molar-refractivity contribution in [2.75, 3.05) is 12.4 Å². The zero-order chi connectivity index (χ0) is 15.2. The van der Waals surface area contributed by atoms with Gasteiger partial charge in [-0.3, -0.25) is 4.79 Å². The topological polar surface area (TPSA) is 83.0 Å². The van der Waals surface area contributed by atoms with Crippen molar-refractivity contribution in [1.29, 1.82) is 0 Å². The molecule has 0 radical (unpaired) electrons. The van der Waals surface area contributed by atoms with Gasteiger partial charge in [-0.2, -0.15) is 0 Å². The number of hydrogen-bond acceptors (Lipinski definition) is 5. The van der Waals surface area contributed by atoms with Crippen LogP contribution in [0.15, 0.2) is 17.3 Å². The lowest BCUT2D eigenvalue weighted by Crippen LogP contribution is -2.19. The monoisotopic (exact) mass is 310 g/mol. The minimum Gasteiger partial charge on any atom is -0.376 e. The molecule has 1 aromatic rings. The molecule has 2 rings (SSSR count). The summed E-state index contributed by atoms with van der Waals surface area (Å²) in [7, 11) is 0. The van der Waals surface area contributed by atoms with Crippen LogP contribution in [0.5, 0.6) is 0 Å². The van der Waals surface area contributed by atoms with Gasteiger partial charge in [0.25, 0.3) is 0 Å². The molecule has 0 saturated carbocycles. The number of nitrogens with zero attached hydrogens (tertiary/aromatic N) is 3. The summed E-state index contributed by atoms with van der Waals surface area (Å²) in [5, 5.41) is 9.30. The summed E-state index contributed by atoms with van der Waals surface area (Å²) in [6.45, 7) is 7.45. The van der Waals surface area contributed by atoms with Crippen LogP contribution < -0.4 is 5.73 Å². The van der Waals surface area contributed by atoms with Gasteiger partial charge in [0.2, 0.25) is 5.91 Å². The van der Waals surface area contributed by atoms with Crippen LogP contribution in [0.25, 0.3) is 0 Å². The molecule has 1 aromatic heterocycles. The van der Waals surface area contributed by atoms with E-state index in [1.165, 1.54) is 0 Å². The Balaban J connectivity index is 2.10. The van der Waals surface area contributed by atoms with Crippen LogP contribution in [0.1, 0.15) is 32.0 Å². The van der Waals surface area contributed by atoms with Crippen molar-refractivity contribution in [1.82, 2.24) is 14.8 Å². The van der Waals surface area contributed by atoms with Crippen molar-refractivity contribution in [2.45, 2.75) is 50.4 Å². The maximum absolute atomic E-state index is 11.0. The van der Waals surface area contributed by atoms with Gasteiger partial charge in [0.05, 0.1) is 12.6 Å². The summed E-state index contributed by atoms with van der Waals surface area (Å²) in [6.07, 6.45) is 3.16. The third-order valence-electron chi connectivity index (χ3n) is 3.25. The maximum atomic E-state index is 11.0. The number of aromatic nitrogens is 3. The number of thioether (sulfide) groups is 1. The molecule has 0 aliphatic carbocycles. The highest BCUT2D eigenvalue weighted by Crippen LogP contribution is 2.23. The Morgan fingerprint density at radius 1 is 1.57 bits per heavy atom. The average Bonchev–Trinajstić information content (AvgIpc) is 3.05. The van der Waals surface area contributed by atoms with Crippen LogP contribution in [0.4, 0.5) is 0 Å². The SMILES string of the molecule is C=C(C)CSc1nnc(CCC(N)=O)n1C[C@H]1CCCO1. The fourth-order valence-corrected chi connectivity index (χ4v) is 3.02. The maximum Gasteiger partial charge on any atom is 0.217 e. The highest BCUT2D eigenvalue weighted by Gasteiger charge is 2.21. The van der Waals surface area contributed by atoms with Gasteiger partial charge in [-0.15, -0.1) is 10.2 Å². The molecule has 21 heavy (non-hydrogen) atoms. The molecular formula is C14H22N4O2S. The predicted octanol–water partition coefficient (Wildman–Crippen LogP) is 1.54. The lowest BCUT2D eigenvalue weighted by Gasteiger charge is -2.14. The molecule has 6 nitrogen and oxygen atoms in total. The first kappa shape index (κ1) is 16.0. The van der Waals surface area contributed by atoms with Crippen molar-refractivity contribution in [3.05, 3.63) is 18.0 Å². The van der Waals surface area contributed by atoms with Crippen LogP contribution in [0.2, 0.25) is 0 Å². The number of carbonyl (C=O) groups is 1. The number of nitrogens with two attached hydrogens (primary N) is 1. The van der Waals surface area contributed by atoms with Crippen LogP contribution in [-0.2, 0) is 22.5 Å². The summed E-state index contributed by atoms with van der Waals surface area (Å²) in [5.74, 6) is 1.28. The number of carbonyl (C=O) groups excluding carboxylic acids is 1. The number of aryl methyl sites for hydroxylation is 1. The third kappa shape index (κ3) is 4.86. The predicted molar refractivity (Wildman–Crippen MR) is 82.0 cm³/mol. The van der Waals surface area contributed by atoms with E-state index in [1.807, 2.05) is 6.92 Å². The minimum atomic E-state index is -0.321. The van der Waals surface area contributed by atoms with Gasteiger partial charge < -0.3 is 15.0 Å². The highest BCUT2D eigenvalue weighted by atomic mass is 32.2. The van der Waals surface area contributed by atoms with Crippen molar-refractivity contribution < 1.29 is 9.53 Å². The first-order chi connectivity index (χ1) is 10.1. The summed E-state index contributed by atoms with van der Waals surface area (Å²) >= 11 is 1.61. The number of rotatable bonds is 8. The van der Waals surface area contributed by atoms with Crippen molar-refractivity contribution in [2.24, 2.45) is 5.73 Å². The average molecular weight is 310 g/mol. The molecule has 0 spiro atoms. The fraction of sp³-hybridized carbons (Fsp3) is 0.643. The molecule has 1 saturated heterocycles. The van der Waals surface area contributed by atoms with Gasteiger partial charge >= 0.3 is 0 Å². The molecule has 1 atom stereocenters. The number of hydrogen-bond donors (Lipinski definition) is 1. The van der Waals surface area contributed by atoms with Crippen molar-refractivity contribution in [3.8, 4) is 0 Å². The van der Waals surface area contributed by atoms with Gasteiger partial charge in [-0.05, 0) is 19.8 Å². The zero-order valence-electron chi connectivity index (χ0n) is 12.4. The van der Waals surface area contributed by atoms with Crippen molar-refractivity contribution in [3.63, 3.8) is 0 Å². The quantitative estimate of drug-likeness (QED) is 0.582. The summed E-state index contributed by atoms with van der Waals surface area (Å²) in [5.41, 5.74) is 6.31. The minimum absolute atomic E-state index is 0.206. The first-order valence-corrected chi connectivity index (χ1v) is 8.14. The molecule has 0 bridgehead atoms. The van der Waals surface area contributed by atoms with E-state index >= 15 is 0 Å². The fourth-order valence-electron chi connectivity index (χ4n) is 2.21. The van der Waals surface area contributed by atoms with E-state index in [0.717, 1.165) is 48.3 Å². The molecule has 7 heteroatoms. The molecule has 1 fully saturated rings. The van der Waals surface area contributed by atoms with E-state index in [4.69, 9.17) is 10.5 Å². The van der Waals surface area contributed by atoms with Crippen LogP contribution >= 0.6 is 11.8 Å². The number of amides is 1. The van der Waals surface area contributed by atoms with E-state index in [2.05, 4.69) is 21.3 Å². The molecule has 1 aliphatic rings. The molecule has 2 heterocycles. The van der Waals surface area contributed by atoms with Gasteiger partial charge in [0.15, 0.2) is 5.16 Å². The van der Waals surface area contributed by atoms with E-state index in [9.17, 15) is 4.79 Å². The van der Waals surface area contributed by atoms with Gasteiger partial charge in [-0.25, -0.2) is 0 Å². The van der Waals surface area contributed by atoms with Gasteiger partial charge in [0.1, 0.15) is 5.82 Å². The molecule has 0 unspecified atom stereocenters. The van der Waals surface area contributed by atoms with Crippen LogP contribution in [0.3, 0.4) is 0 Å². The first-order valence-electron chi connectivity index (χ1n) is 7.15. The Labute approximate surface area is 129 Å². The Bertz CT molecular complexity index is 474. The Hall–Kier alpha value is -1.34. The van der Waals surface area contributed by atoms with Gasteiger partial charge in [0, 0.05) is 25.2 Å². The van der Waals surface area contributed by atoms with E-state index < -0.39 is 0 Å². The summed E-state index contributed by atoms with van der Waals surface area (Å²) in [6, 6.07) is 0. The zero-order valence-corrected chi connectivity index (χ0v) is 13.2. The Kier molecular flexibility index (Phi) is 5.81. The van der Waals surface area contributed by atoms with Crippen LogP contribution in [0, 0.1) is 0 Å². The standard InChI is InChI=1S/C14H22N4O2S/c1-10(2)9-21-14-17-16-13(6-5-12(15)19)18(14)8-11-4-3-7-20-11/h11H,1,3-9H2,2H3,(H2,15,19)/t11-/m1/s1. The molecule has 1 amide bonds. The third-order valence-corrected chi connectivity index (χ3v) is 4.44. The highest BCUT2D eigenvalue weighted by molar-refractivity contribution is 7.99. The molecule has 116 valence electrons. The number of primary amides is 1. The second kappa shape index (κ2) is 7.61. The van der Waals surface area contributed by atoms with Crippen molar-refractivity contribution >= 4 is 17.7 Å². The second-order valence-electron chi connectivity index (χ2n) is 5.36. The summed E-state index contributed by atoms with van der Waals surface area (Å²) in [4.78, 5) is 11.0.